The molecule has 210 valence electrons. The third kappa shape index (κ3) is 6.85. The van der Waals surface area contributed by atoms with Gasteiger partial charge in [0.15, 0.2) is 5.69 Å². The van der Waals surface area contributed by atoms with Crippen LogP contribution >= 0.6 is 11.6 Å². The largest absolute Gasteiger partial charge is 1.00 e. The molecule has 0 fully saturated rings. The number of aromatic carboxylic acids is 1. The number of carboxylic acid groups (broad SMARTS) is 1. The number of carboxylic acids is 1. The summed E-state index contributed by atoms with van der Waals surface area (Å²) in [6.45, 7) is 3.89. The van der Waals surface area contributed by atoms with Crippen LogP contribution in [0, 0.1) is 11.6 Å². The fourth-order valence-corrected chi connectivity index (χ4v) is 4.94. The van der Waals surface area contributed by atoms with Crippen LogP contribution in [-0.4, -0.2) is 27.7 Å². The fraction of sp³-hybridized carbons (Fsp3) is 0.125. The number of amides is 1. The molecule has 10 heteroatoms. The normalized spacial score (nSPS) is 10.9. The number of carbonyl (C=O) groups excluding carboxylic acids is 1. The van der Waals surface area contributed by atoms with Crippen LogP contribution in [0.1, 0.15) is 41.7 Å². The number of carbonyl (C=O) groups is 2. The Morgan fingerprint density at radius 1 is 0.952 bits per heavy atom. The van der Waals surface area contributed by atoms with Gasteiger partial charge in [0.1, 0.15) is 17.4 Å². The Kier molecular flexibility index (Phi) is 9.74. The van der Waals surface area contributed by atoms with Crippen LogP contribution in [-0.2, 0) is 6.54 Å². The quantitative estimate of drug-likeness (QED) is 0.242. The van der Waals surface area contributed by atoms with Crippen molar-refractivity contribution in [1.29, 1.82) is 0 Å². The van der Waals surface area contributed by atoms with Gasteiger partial charge in [-0.1, -0.05) is 35.9 Å². The number of nitrogens with one attached hydrogen (secondary N) is 1. The van der Waals surface area contributed by atoms with Crippen molar-refractivity contribution in [2.45, 2.75) is 26.5 Å². The van der Waals surface area contributed by atoms with E-state index in [1.807, 2.05) is 13.8 Å². The first-order valence-corrected chi connectivity index (χ1v) is 13.2. The van der Waals surface area contributed by atoms with E-state index >= 15 is 0 Å². The topological polar surface area (TPSA) is 80.6 Å². The SMILES string of the molecule is CC(C)Oc1ccc(C(=O)Nc2c(C(=O)O)n(Cc3cccc(Cl)c3)c3cc(-c4cc(F)cc(F)c4)ccc23)cc1.[H-].[Na+]. The maximum atomic E-state index is 14.0. The molecule has 0 radical (unpaired) electrons. The number of fused-ring (bicyclic) bond motifs is 1. The van der Waals surface area contributed by atoms with Gasteiger partial charge in [-0.2, -0.15) is 0 Å². The van der Waals surface area contributed by atoms with Gasteiger partial charge in [-0.05, 0) is 85.1 Å². The number of anilines is 1. The van der Waals surface area contributed by atoms with E-state index in [2.05, 4.69) is 5.32 Å². The van der Waals surface area contributed by atoms with E-state index in [9.17, 15) is 23.5 Å². The third-order valence-corrected chi connectivity index (χ3v) is 6.65. The van der Waals surface area contributed by atoms with E-state index in [0.29, 0.717) is 32.8 Å². The number of benzene rings is 4. The summed E-state index contributed by atoms with van der Waals surface area (Å²) in [5.41, 5.74) is 2.16. The van der Waals surface area contributed by atoms with Crippen molar-refractivity contribution < 1.29 is 59.2 Å². The maximum absolute atomic E-state index is 14.0. The number of hydrogen-bond acceptors (Lipinski definition) is 3. The van der Waals surface area contributed by atoms with Gasteiger partial charge in [0.2, 0.25) is 0 Å². The number of nitrogens with zero attached hydrogens (tertiary/aromatic N) is 1. The van der Waals surface area contributed by atoms with E-state index < -0.39 is 23.5 Å². The minimum atomic E-state index is -1.27. The van der Waals surface area contributed by atoms with Crippen LogP contribution in [0.2, 0.25) is 5.02 Å². The van der Waals surface area contributed by atoms with Crippen LogP contribution in [0.25, 0.3) is 22.0 Å². The molecule has 6 nitrogen and oxygen atoms in total. The molecule has 0 aliphatic rings. The predicted molar refractivity (Wildman–Crippen MR) is 156 cm³/mol. The zero-order valence-electron chi connectivity index (χ0n) is 24.1. The molecule has 1 heterocycles. The Balaban J connectivity index is 0.00000253. The van der Waals surface area contributed by atoms with Gasteiger partial charge in [-0.25, -0.2) is 13.6 Å². The summed E-state index contributed by atoms with van der Waals surface area (Å²) in [5.74, 6) is -2.65. The van der Waals surface area contributed by atoms with Crippen molar-refractivity contribution in [1.82, 2.24) is 4.57 Å². The summed E-state index contributed by atoms with van der Waals surface area (Å²) in [7, 11) is 0. The van der Waals surface area contributed by atoms with Crippen molar-refractivity contribution in [2.24, 2.45) is 0 Å². The molecule has 1 amide bonds. The molecule has 5 aromatic rings. The minimum Gasteiger partial charge on any atom is -1.00 e. The smallest absolute Gasteiger partial charge is 1.00 e. The summed E-state index contributed by atoms with van der Waals surface area (Å²) in [4.78, 5) is 26.0. The Morgan fingerprint density at radius 3 is 2.26 bits per heavy atom. The molecule has 0 atom stereocenters. The first-order chi connectivity index (χ1) is 19.6. The van der Waals surface area contributed by atoms with Gasteiger partial charge in [0.25, 0.3) is 5.91 Å². The third-order valence-electron chi connectivity index (χ3n) is 6.42. The van der Waals surface area contributed by atoms with Crippen LogP contribution in [0.3, 0.4) is 0 Å². The first-order valence-electron chi connectivity index (χ1n) is 12.8. The number of hydrogen-bond donors (Lipinski definition) is 2. The second-order valence-corrected chi connectivity index (χ2v) is 10.2. The van der Waals surface area contributed by atoms with Gasteiger partial charge < -0.3 is 21.2 Å². The van der Waals surface area contributed by atoms with E-state index in [0.717, 1.165) is 11.6 Å². The minimum absolute atomic E-state index is 0. The van der Waals surface area contributed by atoms with E-state index in [1.54, 1.807) is 66.7 Å². The van der Waals surface area contributed by atoms with Crippen LogP contribution in [0.4, 0.5) is 14.5 Å². The summed E-state index contributed by atoms with van der Waals surface area (Å²) < 4.78 is 35.2. The molecule has 42 heavy (non-hydrogen) atoms. The summed E-state index contributed by atoms with van der Waals surface area (Å²) in [6.07, 6.45) is -0.0350. The molecule has 0 saturated carbocycles. The number of rotatable bonds is 8. The zero-order valence-corrected chi connectivity index (χ0v) is 25.9. The van der Waals surface area contributed by atoms with Crippen LogP contribution in [0.5, 0.6) is 5.75 Å². The molecule has 1 aromatic heterocycles. The van der Waals surface area contributed by atoms with Gasteiger partial charge in [0.05, 0.1) is 17.3 Å². The molecule has 0 saturated heterocycles. The molecule has 2 N–H and O–H groups in total. The Hall–Kier alpha value is -3.69. The van der Waals surface area contributed by atoms with Gasteiger partial charge >= 0.3 is 35.5 Å². The van der Waals surface area contributed by atoms with E-state index in [1.165, 1.54) is 16.7 Å². The monoisotopic (exact) mass is 598 g/mol. The molecular weight excluding hydrogens is 573 g/mol. The summed E-state index contributed by atoms with van der Waals surface area (Å²) in [6, 6.07) is 21.6. The summed E-state index contributed by atoms with van der Waals surface area (Å²) >= 11 is 6.18. The molecule has 0 aliphatic carbocycles. The zero-order chi connectivity index (χ0) is 29.3. The number of aromatic nitrogens is 1. The number of ether oxygens (including phenoxy) is 1. The molecule has 0 unspecified atom stereocenters. The molecule has 4 aromatic carbocycles. The second kappa shape index (κ2) is 13.1. The summed E-state index contributed by atoms with van der Waals surface area (Å²) in [5, 5.41) is 14.0. The predicted octanol–water partition coefficient (Wildman–Crippen LogP) is 5.14. The molecule has 5 rings (SSSR count). The average Bonchev–Trinajstić information content (AvgIpc) is 3.20. The molecule has 0 bridgehead atoms. The second-order valence-electron chi connectivity index (χ2n) is 9.78. The van der Waals surface area contributed by atoms with Crippen LogP contribution < -0.4 is 39.6 Å². The van der Waals surface area contributed by atoms with Crippen molar-refractivity contribution in [2.75, 3.05) is 5.32 Å². The first kappa shape index (κ1) is 31.3. The van der Waals surface area contributed by atoms with Gasteiger partial charge in [-0.15, -0.1) is 0 Å². The van der Waals surface area contributed by atoms with Gasteiger partial charge in [-0.3, -0.25) is 4.79 Å². The van der Waals surface area contributed by atoms with E-state index in [-0.39, 0.29) is 60.6 Å². The number of halogens is 3. The molecular formula is C32H26ClF2N2NaO4. The maximum Gasteiger partial charge on any atom is 1.00 e. The molecule has 0 spiro atoms. The molecule has 0 aliphatic heterocycles. The average molecular weight is 599 g/mol. The Bertz CT molecular complexity index is 1770. The van der Waals surface area contributed by atoms with E-state index in [4.69, 9.17) is 16.3 Å². The fourth-order valence-electron chi connectivity index (χ4n) is 4.72. The van der Waals surface area contributed by atoms with Crippen molar-refractivity contribution in [3.63, 3.8) is 0 Å². The van der Waals surface area contributed by atoms with Gasteiger partial charge in [0, 0.05) is 28.6 Å². The Labute approximate surface area is 269 Å². The standard InChI is InChI=1S/C32H25ClF2N2O4.Na.H/c1-18(2)41-26-9-6-20(7-10-26)31(38)36-29-27-11-8-21(22-13-24(34)16-25(35)14-22)15-28(27)37(30(29)32(39)40)17-19-4-3-5-23(33)12-19;;/h3-16,18H,17H2,1-2H3,(H,36,38)(H,39,40);;/q;+1;-1. The van der Waals surface area contributed by atoms with Crippen LogP contribution in [0.15, 0.2) is 84.9 Å². The van der Waals surface area contributed by atoms with Crippen molar-refractivity contribution >= 4 is 40.1 Å². The van der Waals surface area contributed by atoms with Crippen molar-refractivity contribution in [3.8, 4) is 16.9 Å². The van der Waals surface area contributed by atoms with Crippen molar-refractivity contribution in [3.05, 3.63) is 118 Å². The Morgan fingerprint density at radius 2 is 1.64 bits per heavy atom.